The molecule has 0 heterocycles. The van der Waals surface area contributed by atoms with Crippen molar-refractivity contribution < 1.29 is 0 Å². The van der Waals surface area contributed by atoms with E-state index in [2.05, 4.69) is 69.2 Å². The Balaban J connectivity index is 4.39. The molecule has 0 saturated carbocycles. The fourth-order valence-corrected chi connectivity index (χ4v) is 2.75. The van der Waals surface area contributed by atoms with Crippen molar-refractivity contribution in [2.24, 2.45) is 34.5 Å². The third-order valence-corrected chi connectivity index (χ3v) is 6.23. The molecule has 0 aromatic heterocycles. The first-order valence-electron chi connectivity index (χ1n) is 8.89. The highest BCUT2D eigenvalue weighted by atomic mass is 14.4. The minimum Gasteiger partial charge on any atom is -0.0628 e. The largest absolute Gasteiger partial charge is 0.0628 e. The van der Waals surface area contributed by atoms with Crippen LogP contribution in [0.4, 0.5) is 0 Å². The summed E-state index contributed by atoms with van der Waals surface area (Å²) < 4.78 is 0. The van der Waals surface area contributed by atoms with Crippen molar-refractivity contribution in [1.29, 1.82) is 0 Å². The maximum Gasteiger partial charge on any atom is -0.0303 e. The van der Waals surface area contributed by atoms with Gasteiger partial charge in [-0.3, -0.25) is 0 Å². The first-order chi connectivity index (χ1) is 8.89. The fraction of sp³-hybridized carbons (Fsp3) is 1.00. The molecule has 0 fully saturated rings. The van der Waals surface area contributed by atoms with Gasteiger partial charge in [-0.25, -0.2) is 0 Å². The maximum atomic E-state index is 2.49. The van der Waals surface area contributed by atoms with Crippen LogP contribution in [0.1, 0.15) is 94.9 Å². The SMILES string of the molecule is CC(C)CCC(C)C(C)(C)C(C)CCC(C)C(C)(C)C. The Bertz CT molecular complexity index is 254. The van der Waals surface area contributed by atoms with Crippen LogP contribution in [0.5, 0.6) is 0 Å². The van der Waals surface area contributed by atoms with Gasteiger partial charge in [0.05, 0.1) is 0 Å². The molecule has 0 bridgehead atoms. The maximum absolute atomic E-state index is 2.49. The van der Waals surface area contributed by atoms with Crippen LogP contribution in [0.3, 0.4) is 0 Å². The molecular formula is C20H42. The molecule has 0 aliphatic carbocycles. The van der Waals surface area contributed by atoms with Crippen LogP contribution in [0.25, 0.3) is 0 Å². The Hall–Kier alpha value is 0. The Labute approximate surface area is 130 Å². The lowest BCUT2D eigenvalue weighted by Gasteiger charge is -2.39. The van der Waals surface area contributed by atoms with Gasteiger partial charge < -0.3 is 0 Å². The molecule has 0 aliphatic heterocycles. The summed E-state index contributed by atoms with van der Waals surface area (Å²) in [6.45, 7) is 24.1. The van der Waals surface area contributed by atoms with Gasteiger partial charge >= 0.3 is 0 Å². The lowest BCUT2D eigenvalue weighted by molar-refractivity contribution is 0.106. The highest BCUT2D eigenvalue weighted by Crippen LogP contribution is 2.41. The molecule has 0 spiro atoms. The van der Waals surface area contributed by atoms with E-state index < -0.39 is 0 Å². The minimum absolute atomic E-state index is 0.452. The summed E-state index contributed by atoms with van der Waals surface area (Å²) in [6, 6.07) is 0. The highest BCUT2D eigenvalue weighted by molar-refractivity contribution is 4.82. The summed E-state index contributed by atoms with van der Waals surface area (Å²) in [4.78, 5) is 0. The Morgan fingerprint density at radius 1 is 0.550 bits per heavy atom. The highest BCUT2D eigenvalue weighted by Gasteiger charge is 2.32. The van der Waals surface area contributed by atoms with Gasteiger partial charge in [-0.2, -0.15) is 0 Å². The van der Waals surface area contributed by atoms with Crippen LogP contribution in [-0.2, 0) is 0 Å². The third-order valence-electron chi connectivity index (χ3n) is 6.23. The number of hydrogen-bond donors (Lipinski definition) is 0. The molecule has 3 atom stereocenters. The fourth-order valence-electron chi connectivity index (χ4n) is 2.75. The molecule has 0 radical (unpaired) electrons. The average molecular weight is 283 g/mol. The second kappa shape index (κ2) is 7.85. The molecule has 0 aromatic carbocycles. The zero-order valence-corrected chi connectivity index (χ0v) is 16.1. The Morgan fingerprint density at radius 3 is 1.25 bits per heavy atom. The summed E-state index contributed by atoms with van der Waals surface area (Å²) in [7, 11) is 0. The van der Waals surface area contributed by atoms with Gasteiger partial charge in [0.15, 0.2) is 0 Å². The van der Waals surface area contributed by atoms with Gasteiger partial charge in [-0.1, -0.05) is 75.7 Å². The lowest BCUT2D eigenvalue weighted by Crippen LogP contribution is -2.30. The zero-order valence-electron chi connectivity index (χ0n) is 16.1. The second-order valence-corrected chi connectivity index (χ2v) is 9.44. The Morgan fingerprint density at radius 2 is 0.900 bits per heavy atom. The van der Waals surface area contributed by atoms with Crippen LogP contribution in [0.15, 0.2) is 0 Å². The monoisotopic (exact) mass is 282 g/mol. The van der Waals surface area contributed by atoms with Crippen LogP contribution in [-0.4, -0.2) is 0 Å². The molecule has 0 saturated heterocycles. The first-order valence-corrected chi connectivity index (χ1v) is 8.89. The Kier molecular flexibility index (Phi) is 7.85. The quantitative estimate of drug-likeness (QED) is 0.442. The van der Waals surface area contributed by atoms with Crippen molar-refractivity contribution in [1.82, 2.24) is 0 Å². The minimum atomic E-state index is 0.452. The van der Waals surface area contributed by atoms with E-state index in [-0.39, 0.29) is 0 Å². The lowest BCUT2D eigenvalue weighted by atomic mass is 9.66. The van der Waals surface area contributed by atoms with Gasteiger partial charge in [-0.05, 0) is 53.8 Å². The topological polar surface area (TPSA) is 0 Å². The third kappa shape index (κ3) is 6.64. The van der Waals surface area contributed by atoms with Gasteiger partial charge in [0.25, 0.3) is 0 Å². The normalized spacial score (nSPS) is 18.1. The average Bonchev–Trinajstić information content (AvgIpc) is 2.30. The second-order valence-electron chi connectivity index (χ2n) is 9.44. The molecule has 0 heteroatoms. The van der Waals surface area contributed by atoms with Crippen molar-refractivity contribution >= 4 is 0 Å². The van der Waals surface area contributed by atoms with Gasteiger partial charge in [0.1, 0.15) is 0 Å². The van der Waals surface area contributed by atoms with E-state index in [4.69, 9.17) is 0 Å². The van der Waals surface area contributed by atoms with Crippen molar-refractivity contribution in [3.05, 3.63) is 0 Å². The van der Waals surface area contributed by atoms with E-state index in [0.717, 1.165) is 23.7 Å². The van der Waals surface area contributed by atoms with E-state index in [1.54, 1.807) is 0 Å². The van der Waals surface area contributed by atoms with Crippen LogP contribution >= 0.6 is 0 Å². The standard InChI is InChI=1S/C20H42/c1-15(2)11-12-17(4)20(9,10)18(5)14-13-16(3)19(6,7)8/h15-18H,11-14H2,1-10H3. The molecule has 0 aliphatic rings. The predicted molar refractivity (Wildman–Crippen MR) is 94.0 cm³/mol. The molecule has 0 amide bonds. The number of hydrogen-bond acceptors (Lipinski definition) is 0. The summed E-state index contributed by atoms with van der Waals surface area (Å²) >= 11 is 0. The summed E-state index contributed by atoms with van der Waals surface area (Å²) in [5.74, 6) is 3.29. The van der Waals surface area contributed by atoms with Gasteiger partial charge in [0, 0.05) is 0 Å². The smallest absolute Gasteiger partial charge is 0.0303 e. The van der Waals surface area contributed by atoms with Crippen molar-refractivity contribution in [3.63, 3.8) is 0 Å². The first kappa shape index (κ1) is 20.0. The van der Waals surface area contributed by atoms with Crippen LogP contribution in [0, 0.1) is 34.5 Å². The van der Waals surface area contributed by atoms with Crippen molar-refractivity contribution in [2.45, 2.75) is 94.9 Å². The summed E-state index contributed by atoms with van der Waals surface area (Å²) in [5.41, 5.74) is 0.916. The van der Waals surface area contributed by atoms with E-state index in [9.17, 15) is 0 Å². The summed E-state index contributed by atoms with van der Waals surface area (Å²) in [5, 5.41) is 0. The van der Waals surface area contributed by atoms with Gasteiger partial charge in [-0.15, -0.1) is 0 Å². The van der Waals surface area contributed by atoms with E-state index in [1.165, 1.54) is 25.7 Å². The zero-order chi connectivity index (χ0) is 16.1. The van der Waals surface area contributed by atoms with E-state index in [0.29, 0.717) is 10.8 Å². The van der Waals surface area contributed by atoms with E-state index >= 15 is 0 Å². The number of rotatable bonds is 8. The van der Waals surface area contributed by atoms with Crippen LogP contribution in [0.2, 0.25) is 0 Å². The van der Waals surface area contributed by atoms with Crippen molar-refractivity contribution in [3.8, 4) is 0 Å². The molecular weight excluding hydrogens is 240 g/mol. The molecule has 0 N–H and O–H groups in total. The molecule has 0 nitrogen and oxygen atoms in total. The molecule has 20 heavy (non-hydrogen) atoms. The molecule has 0 rings (SSSR count). The molecule has 122 valence electrons. The summed E-state index contributed by atoms with van der Waals surface area (Å²) in [6.07, 6.45) is 5.49. The van der Waals surface area contributed by atoms with E-state index in [1.807, 2.05) is 0 Å². The molecule has 0 aromatic rings. The van der Waals surface area contributed by atoms with Crippen molar-refractivity contribution in [2.75, 3.05) is 0 Å². The van der Waals surface area contributed by atoms with Gasteiger partial charge in [0.2, 0.25) is 0 Å². The molecule has 3 unspecified atom stereocenters. The predicted octanol–water partition coefficient (Wildman–Crippen LogP) is 7.18. The van der Waals surface area contributed by atoms with Crippen LogP contribution < -0.4 is 0 Å².